The zero-order valence-corrected chi connectivity index (χ0v) is 18.4. The van der Waals surface area contributed by atoms with E-state index in [0.717, 1.165) is 0 Å². The second-order valence-corrected chi connectivity index (χ2v) is 8.00. The molecule has 1 aliphatic heterocycles. The van der Waals surface area contributed by atoms with Gasteiger partial charge in [0.25, 0.3) is 0 Å². The summed E-state index contributed by atoms with van der Waals surface area (Å²) in [5.74, 6) is -2.94. The number of carboxylic acid groups (broad SMARTS) is 1. The van der Waals surface area contributed by atoms with Gasteiger partial charge in [-0.3, -0.25) is 14.4 Å². The van der Waals surface area contributed by atoms with Crippen molar-refractivity contribution in [3.63, 3.8) is 0 Å². The summed E-state index contributed by atoms with van der Waals surface area (Å²) in [6.07, 6.45) is 5.29. The molecular formula is C20H33N7O6. The molecule has 1 aromatic rings. The van der Waals surface area contributed by atoms with Gasteiger partial charge in [0, 0.05) is 24.9 Å². The number of nitrogens with two attached hydrogens (primary N) is 2. The van der Waals surface area contributed by atoms with Crippen LogP contribution in [0.4, 0.5) is 0 Å². The quantitative estimate of drug-likeness (QED) is 0.152. The number of amides is 3. The van der Waals surface area contributed by atoms with Crippen LogP contribution in [0.3, 0.4) is 0 Å². The Balaban J connectivity index is 2.19. The van der Waals surface area contributed by atoms with Crippen molar-refractivity contribution in [3.05, 3.63) is 18.2 Å². The van der Waals surface area contributed by atoms with Crippen molar-refractivity contribution < 1.29 is 29.4 Å². The van der Waals surface area contributed by atoms with Gasteiger partial charge in [0.15, 0.2) is 0 Å². The van der Waals surface area contributed by atoms with Gasteiger partial charge in [0.2, 0.25) is 17.7 Å². The molecule has 184 valence electrons. The molecule has 0 spiro atoms. The number of rotatable bonds is 13. The normalized spacial score (nSPS) is 18.4. The Morgan fingerprint density at radius 1 is 1.21 bits per heavy atom. The fourth-order valence-corrected chi connectivity index (χ4v) is 3.70. The molecule has 4 unspecified atom stereocenters. The largest absolute Gasteiger partial charge is 0.480 e. The van der Waals surface area contributed by atoms with Crippen molar-refractivity contribution in [1.29, 1.82) is 0 Å². The average Bonchev–Trinajstić information content (AvgIpc) is 3.49. The Bertz CT molecular complexity index is 803. The number of aromatic amines is 1. The number of aliphatic hydroxyl groups is 1. The number of aliphatic carboxylic acids is 1. The van der Waals surface area contributed by atoms with E-state index in [1.165, 1.54) is 17.4 Å². The third-order valence-electron chi connectivity index (χ3n) is 5.53. The number of aliphatic hydroxyl groups excluding tert-OH is 1. The lowest BCUT2D eigenvalue weighted by Gasteiger charge is -2.28. The Hall–Kier alpha value is -3.03. The maximum atomic E-state index is 13.2. The molecule has 0 aliphatic carbocycles. The number of hydrogen-bond acceptors (Lipinski definition) is 8. The molecule has 1 aromatic heterocycles. The van der Waals surface area contributed by atoms with Crippen LogP contribution in [0.15, 0.2) is 12.5 Å². The molecule has 13 nitrogen and oxygen atoms in total. The van der Waals surface area contributed by atoms with E-state index in [0.29, 0.717) is 37.9 Å². The van der Waals surface area contributed by atoms with Gasteiger partial charge < -0.3 is 42.2 Å². The van der Waals surface area contributed by atoms with Gasteiger partial charge >= 0.3 is 5.97 Å². The van der Waals surface area contributed by atoms with Crippen LogP contribution >= 0.6 is 0 Å². The number of likely N-dealkylation sites (tertiary alicyclic amines) is 1. The lowest BCUT2D eigenvalue weighted by Crippen LogP contribution is -2.58. The third-order valence-corrected chi connectivity index (χ3v) is 5.53. The minimum atomic E-state index is -1.20. The fraction of sp³-hybridized carbons (Fsp3) is 0.650. The standard InChI is InChI=1S/C20H33N7O6/c21-6-2-1-4-14(25-17(29)13(22)10-28)18(30)26-15(8-12-9-23-11-24-12)19(31)27-7-3-5-16(27)20(32)33/h9,11,13-16,28H,1-8,10,21-22H2,(H,23,24)(H,25,29)(H,26,30)(H,32,33). The summed E-state index contributed by atoms with van der Waals surface area (Å²) in [6.45, 7) is 0.0908. The number of carbonyl (C=O) groups is 4. The highest BCUT2D eigenvalue weighted by Gasteiger charge is 2.38. The van der Waals surface area contributed by atoms with E-state index in [9.17, 15) is 24.3 Å². The Morgan fingerprint density at radius 2 is 1.94 bits per heavy atom. The molecule has 3 amide bonds. The molecule has 0 aromatic carbocycles. The number of unbranched alkanes of at least 4 members (excludes halogenated alkanes) is 1. The lowest BCUT2D eigenvalue weighted by molar-refractivity contribution is -0.149. The van der Waals surface area contributed by atoms with Crippen LogP contribution in [0.2, 0.25) is 0 Å². The highest BCUT2D eigenvalue weighted by molar-refractivity contribution is 5.94. The molecule has 0 saturated carbocycles. The molecule has 9 N–H and O–H groups in total. The minimum absolute atomic E-state index is 0.0625. The second-order valence-electron chi connectivity index (χ2n) is 8.00. The van der Waals surface area contributed by atoms with Crippen molar-refractivity contribution in [3.8, 4) is 0 Å². The number of imidazole rings is 1. The van der Waals surface area contributed by atoms with E-state index in [4.69, 9.17) is 16.6 Å². The molecule has 0 bridgehead atoms. The molecule has 13 heteroatoms. The van der Waals surface area contributed by atoms with Gasteiger partial charge in [-0.25, -0.2) is 9.78 Å². The summed E-state index contributed by atoms with van der Waals surface area (Å²) < 4.78 is 0. The van der Waals surface area contributed by atoms with E-state index < -0.39 is 54.5 Å². The topological polar surface area (TPSA) is 217 Å². The summed E-state index contributed by atoms with van der Waals surface area (Å²) in [5.41, 5.74) is 11.6. The first-order valence-electron chi connectivity index (χ1n) is 11.0. The Labute approximate surface area is 191 Å². The van der Waals surface area contributed by atoms with E-state index in [2.05, 4.69) is 20.6 Å². The van der Waals surface area contributed by atoms with Gasteiger partial charge in [-0.2, -0.15) is 0 Å². The van der Waals surface area contributed by atoms with E-state index >= 15 is 0 Å². The van der Waals surface area contributed by atoms with Crippen molar-refractivity contribution >= 4 is 23.7 Å². The molecule has 0 radical (unpaired) electrons. The number of nitrogens with zero attached hydrogens (tertiary/aromatic N) is 2. The van der Waals surface area contributed by atoms with Gasteiger partial charge in [-0.05, 0) is 38.6 Å². The maximum absolute atomic E-state index is 13.2. The molecular weight excluding hydrogens is 434 g/mol. The van der Waals surface area contributed by atoms with Gasteiger partial charge in [-0.15, -0.1) is 0 Å². The molecule has 1 fully saturated rings. The molecule has 2 rings (SSSR count). The van der Waals surface area contributed by atoms with Crippen molar-refractivity contribution in [1.82, 2.24) is 25.5 Å². The summed E-state index contributed by atoms with van der Waals surface area (Å²) in [6, 6.07) is -4.23. The molecule has 4 atom stereocenters. The van der Waals surface area contributed by atoms with Crippen LogP contribution in [0.1, 0.15) is 37.8 Å². The predicted octanol–water partition coefficient (Wildman–Crippen LogP) is -2.55. The zero-order valence-electron chi connectivity index (χ0n) is 18.4. The summed E-state index contributed by atoms with van der Waals surface area (Å²) in [7, 11) is 0. The van der Waals surface area contributed by atoms with Crippen LogP contribution in [-0.4, -0.2) is 92.6 Å². The fourth-order valence-electron chi connectivity index (χ4n) is 3.70. The van der Waals surface area contributed by atoms with Crippen LogP contribution in [0.5, 0.6) is 0 Å². The van der Waals surface area contributed by atoms with Gasteiger partial charge in [0.1, 0.15) is 24.2 Å². The van der Waals surface area contributed by atoms with Crippen LogP contribution < -0.4 is 22.1 Å². The number of nitrogens with one attached hydrogen (secondary N) is 3. The highest BCUT2D eigenvalue weighted by Crippen LogP contribution is 2.19. The molecule has 33 heavy (non-hydrogen) atoms. The second kappa shape index (κ2) is 12.9. The Morgan fingerprint density at radius 3 is 2.55 bits per heavy atom. The first kappa shape index (κ1) is 26.2. The summed E-state index contributed by atoms with van der Waals surface area (Å²) >= 11 is 0. The van der Waals surface area contributed by atoms with Crippen LogP contribution in [-0.2, 0) is 25.6 Å². The van der Waals surface area contributed by atoms with Crippen molar-refractivity contribution in [2.24, 2.45) is 11.5 Å². The number of hydrogen-bond donors (Lipinski definition) is 7. The van der Waals surface area contributed by atoms with E-state index in [1.807, 2.05) is 0 Å². The minimum Gasteiger partial charge on any atom is -0.480 e. The SMILES string of the molecule is NCCCCC(NC(=O)C(N)CO)C(=O)NC(Cc1cnc[nH]1)C(=O)N1CCCC1C(=O)O. The third kappa shape index (κ3) is 7.51. The van der Waals surface area contributed by atoms with Crippen molar-refractivity contribution in [2.75, 3.05) is 19.7 Å². The summed E-state index contributed by atoms with van der Waals surface area (Å²) in [5, 5.41) is 23.7. The maximum Gasteiger partial charge on any atom is 0.326 e. The molecule has 1 aliphatic rings. The lowest BCUT2D eigenvalue weighted by atomic mass is 10.1. The monoisotopic (exact) mass is 467 g/mol. The molecule has 1 saturated heterocycles. The first-order valence-corrected chi connectivity index (χ1v) is 11.0. The number of carbonyl (C=O) groups excluding carboxylic acids is 3. The molecule has 2 heterocycles. The van der Waals surface area contributed by atoms with Crippen LogP contribution in [0.25, 0.3) is 0 Å². The highest BCUT2D eigenvalue weighted by atomic mass is 16.4. The van der Waals surface area contributed by atoms with E-state index in [1.54, 1.807) is 0 Å². The van der Waals surface area contributed by atoms with Gasteiger partial charge in [-0.1, -0.05) is 0 Å². The number of aromatic nitrogens is 2. The van der Waals surface area contributed by atoms with Crippen LogP contribution in [0, 0.1) is 0 Å². The zero-order chi connectivity index (χ0) is 24.4. The first-order chi connectivity index (χ1) is 15.8. The average molecular weight is 468 g/mol. The van der Waals surface area contributed by atoms with Gasteiger partial charge in [0.05, 0.1) is 12.9 Å². The van der Waals surface area contributed by atoms with E-state index in [-0.39, 0.29) is 19.4 Å². The number of carboxylic acids is 1. The number of H-pyrrole nitrogens is 1. The smallest absolute Gasteiger partial charge is 0.326 e. The Kier molecular flexibility index (Phi) is 10.2. The van der Waals surface area contributed by atoms with Crippen molar-refractivity contribution in [2.45, 2.75) is 62.7 Å². The summed E-state index contributed by atoms with van der Waals surface area (Å²) in [4.78, 5) is 58.1. The predicted molar refractivity (Wildman–Crippen MR) is 116 cm³/mol.